The van der Waals surface area contributed by atoms with Gasteiger partial charge >= 0.3 is 0 Å². The number of hydrogen-bond donors (Lipinski definition) is 0. The van der Waals surface area contributed by atoms with Gasteiger partial charge in [-0.3, -0.25) is 4.57 Å². The molecule has 4 heterocycles. The molecule has 0 N–H and O–H groups in total. The highest BCUT2D eigenvalue weighted by Crippen LogP contribution is 2.48. The standard InChI is InChI=1S/C58H43F2N5O/c1-58(2,3)38-26-27-61-57(30-38)65-53-21-11-7-17-48(53)49-25-24-43(35-56(49)65)66-44-33-41(32-42(34-44)64-51-19-9-5-15-46(51)47-16-6-10-20-52(47)64)62-36-63(55-23-13-12-22-54(55)62)50-18-8-4-14-45(50)37-28-39(59)31-40(60)29-37/h4-35H,36H2,1-3H3. The summed E-state index contributed by atoms with van der Waals surface area (Å²) < 4.78 is 41.0. The Labute approximate surface area is 380 Å². The molecule has 0 saturated carbocycles. The molecule has 8 heteroatoms. The Balaban J connectivity index is 1.03. The third-order valence-corrected chi connectivity index (χ3v) is 12.9. The quantitative estimate of drug-likeness (QED) is 0.160. The molecule has 11 aromatic rings. The summed E-state index contributed by atoms with van der Waals surface area (Å²) in [5.41, 5.74) is 11.2. The van der Waals surface area contributed by atoms with Crippen molar-refractivity contribution in [1.29, 1.82) is 0 Å². The molecule has 320 valence electrons. The Morgan fingerprint density at radius 2 is 1.03 bits per heavy atom. The van der Waals surface area contributed by atoms with Crippen molar-refractivity contribution in [1.82, 2.24) is 14.1 Å². The van der Waals surface area contributed by atoms with Crippen molar-refractivity contribution in [2.75, 3.05) is 16.5 Å². The number of aromatic nitrogens is 3. The summed E-state index contributed by atoms with van der Waals surface area (Å²) in [4.78, 5) is 9.39. The van der Waals surface area contributed by atoms with Crippen molar-refractivity contribution < 1.29 is 13.5 Å². The highest BCUT2D eigenvalue weighted by atomic mass is 19.1. The topological polar surface area (TPSA) is 38.5 Å². The van der Waals surface area contributed by atoms with Crippen LogP contribution in [0.5, 0.6) is 11.5 Å². The number of ether oxygens (including phenoxy) is 1. The molecular weight excluding hydrogens is 821 g/mol. The van der Waals surface area contributed by atoms with Crippen LogP contribution in [0.25, 0.3) is 66.2 Å². The summed E-state index contributed by atoms with van der Waals surface area (Å²) in [5.74, 6) is 0.950. The molecule has 0 spiro atoms. The van der Waals surface area contributed by atoms with Crippen LogP contribution in [-0.2, 0) is 5.41 Å². The molecule has 0 unspecified atom stereocenters. The fraction of sp³-hybridized carbons (Fsp3) is 0.0862. The zero-order valence-electron chi connectivity index (χ0n) is 36.6. The molecule has 0 saturated heterocycles. The normalized spacial score (nSPS) is 12.8. The SMILES string of the molecule is CC(C)(C)c1ccnc(-n2c3ccccc3c3ccc(Oc4cc(N5CN(c6ccccc6-c6cc(F)cc(F)c6)c6ccccc65)cc(-n5c6ccccc6c6ccccc65)c4)cc32)c1. The fourth-order valence-corrected chi connectivity index (χ4v) is 9.82. The van der Waals surface area contributed by atoms with E-state index in [2.05, 4.69) is 167 Å². The van der Waals surface area contributed by atoms with Crippen LogP contribution in [0.1, 0.15) is 26.3 Å². The van der Waals surface area contributed by atoms with Gasteiger partial charge in [0.25, 0.3) is 0 Å². The lowest BCUT2D eigenvalue weighted by atomic mass is 9.88. The molecule has 6 nitrogen and oxygen atoms in total. The van der Waals surface area contributed by atoms with Gasteiger partial charge in [-0.25, -0.2) is 13.8 Å². The van der Waals surface area contributed by atoms with Crippen LogP contribution < -0.4 is 14.5 Å². The van der Waals surface area contributed by atoms with Gasteiger partial charge in [-0.2, -0.15) is 0 Å². The summed E-state index contributed by atoms with van der Waals surface area (Å²) in [7, 11) is 0. The smallest absolute Gasteiger partial charge is 0.137 e. The van der Waals surface area contributed by atoms with E-state index in [0.717, 1.165) is 89.5 Å². The van der Waals surface area contributed by atoms with Gasteiger partial charge in [-0.1, -0.05) is 106 Å². The van der Waals surface area contributed by atoms with Crippen LogP contribution in [0.3, 0.4) is 0 Å². The predicted octanol–water partition coefficient (Wildman–Crippen LogP) is 15.6. The maximum Gasteiger partial charge on any atom is 0.137 e. The number of rotatable bonds is 7. The van der Waals surface area contributed by atoms with Gasteiger partial charge in [-0.05, 0) is 95.4 Å². The van der Waals surface area contributed by atoms with Crippen LogP contribution in [-0.4, -0.2) is 20.8 Å². The van der Waals surface area contributed by atoms with E-state index in [1.165, 1.54) is 17.7 Å². The van der Waals surface area contributed by atoms with E-state index in [1.54, 1.807) is 0 Å². The lowest BCUT2D eigenvalue weighted by Crippen LogP contribution is -2.24. The molecule has 66 heavy (non-hydrogen) atoms. The summed E-state index contributed by atoms with van der Waals surface area (Å²) in [5, 5.41) is 4.56. The molecule has 0 fully saturated rings. The van der Waals surface area contributed by atoms with Gasteiger partial charge in [0.05, 0.1) is 44.8 Å². The van der Waals surface area contributed by atoms with E-state index < -0.39 is 11.6 Å². The first kappa shape index (κ1) is 39.4. The fourth-order valence-electron chi connectivity index (χ4n) is 9.82. The molecule has 0 aliphatic carbocycles. The van der Waals surface area contributed by atoms with Crippen LogP contribution in [0.4, 0.5) is 31.5 Å². The number of hydrogen-bond acceptors (Lipinski definition) is 4. The van der Waals surface area contributed by atoms with Gasteiger partial charge in [0.15, 0.2) is 0 Å². The molecule has 0 atom stereocenters. The third-order valence-electron chi connectivity index (χ3n) is 12.9. The second kappa shape index (κ2) is 15.2. The largest absolute Gasteiger partial charge is 0.457 e. The van der Waals surface area contributed by atoms with E-state index in [9.17, 15) is 8.78 Å². The maximum absolute atomic E-state index is 14.7. The first-order chi connectivity index (χ1) is 32.2. The second-order valence-electron chi connectivity index (χ2n) is 18.0. The highest BCUT2D eigenvalue weighted by Gasteiger charge is 2.30. The van der Waals surface area contributed by atoms with Crippen LogP contribution in [0.15, 0.2) is 194 Å². The van der Waals surface area contributed by atoms with Crippen molar-refractivity contribution in [3.63, 3.8) is 0 Å². The minimum atomic E-state index is -0.621. The van der Waals surface area contributed by atoms with Gasteiger partial charge in [0, 0.05) is 63.3 Å². The molecule has 1 aliphatic heterocycles. The first-order valence-corrected chi connectivity index (χ1v) is 22.2. The predicted molar refractivity (Wildman–Crippen MR) is 266 cm³/mol. The molecular formula is C58H43F2N5O. The zero-order chi connectivity index (χ0) is 44.7. The summed E-state index contributed by atoms with van der Waals surface area (Å²) in [6, 6.07) is 62.2. The van der Waals surface area contributed by atoms with E-state index in [4.69, 9.17) is 9.72 Å². The highest BCUT2D eigenvalue weighted by molar-refractivity contribution is 6.10. The number of pyridine rings is 1. The number of anilines is 4. The Morgan fingerprint density at radius 1 is 0.470 bits per heavy atom. The Bertz CT molecular complexity index is 3640. The molecule has 3 aromatic heterocycles. The van der Waals surface area contributed by atoms with Crippen LogP contribution in [0, 0.1) is 11.6 Å². The summed E-state index contributed by atoms with van der Waals surface area (Å²) in [6.45, 7) is 7.09. The maximum atomic E-state index is 14.7. The summed E-state index contributed by atoms with van der Waals surface area (Å²) in [6.07, 6.45) is 1.90. The van der Waals surface area contributed by atoms with E-state index in [-0.39, 0.29) is 5.41 Å². The number of halogens is 2. The molecule has 0 amide bonds. The number of fused-ring (bicyclic) bond motifs is 7. The Kier molecular flexibility index (Phi) is 9.07. The van der Waals surface area contributed by atoms with Gasteiger partial charge in [0.2, 0.25) is 0 Å². The minimum absolute atomic E-state index is 0.0548. The van der Waals surface area contributed by atoms with Gasteiger partial charge < -0.3 is 19.1 Å². The Hall–Kier alpha value is -8.23. The monoisotopic (exact) mass is 863 g/mol. The van der Waals surface area contributed by atoms with Crippen LogP contribution in [0.2, 0.25) is 0 Å². The zero-order valence-corrected chi connectivity index (χ0v) is 36.6. The molecule has 12 rings (SSSR count). The van der Waals surface area contributed by atoms with Crippen molar-refractivity contribution >= 4 is 66.4 Å². The van der Waals surface area contributed by atoms with E-state index in [1.807, 2.05) is 48.7 Å². The number of para-hydroxylation sites is 6. The lowest BCUT2D eigenvalue weighted by Gasteiger charge is -2.25. The number of nitrogens with zero attached hydrogens (tertiary/aromatic N) is 5. The summed E-state index contributed by atoms with van der Waals surface area (Å²) >= 11 is 0. The van der Waals surface area contributed by atoms with Gasteiger partial charge in [-0.15, -0.1) is 0 Å². The first-order valence-electron chi connectivity index (χ1n) is 22.2. The van der Waals surface area contributed by atoms with Crippen molar-refractivity contribution in [3.05, 3.63) is 211 Å². The molecule has 0 radical (unpaired) electrons. The van der Waals surface area contributed by atoms with Crippen molar-refractivity contribution in [3.8, 4) is 34.1 Å². The Morgan fingerprint density at radius 3 is 1.70 bits per heavy atom. The average molecular weight is 864 g/mol. The molecule has 8 aromatic carbocycles. The average Bonchev–Trinajstić information content (AvgIpc) is 3.99. The lowest BCUT2D eigenvalue weighted by molar-refractivity contribution is 0.483. The molecule has 1 aliphatic rings. The third kappa shape index (κ3) is 6.55. The minimum Gasteiger partial charge on any atom is -0.457 e. The van der Waals surface area contributed by atoms with Crippen molar-refractivity contribution in [2.24, 2.45) is 0 Å². The van der Waals surface area contributed by atoms with E-state index >= 15 is 0 Å². The van der Waals surface area contributed by atoms with E-state index in [0.29, 0.717) is 23.7 Å². The second-order valence-corrected chi connectivity index (χ2v) is 18.0. The number of benzene rings is 8. The molecule has 0 bridgehead atoms. The van der Waals surface area contributed by atoms with Crippen LogP contribution >= 0.6 is 0 Å². The van der Waals surface area contributed by atoms with Gasteiger partial charge in [0.1, 0.15) is 35.6 Å². The van der Waals surface area contributed by atoms with Crippen molar-refractivity contribution in [2.45, 2.75) is 26.2 Å².